The van der Waals surface area contributed by atoms with Crippen molar-refractivity contribution in [2.24, 2.45) is 0 Å². The van der Waals surface area contributed by atoms with Crippen LogP contribution in [0, 0.1) is 6.92 Å². The second-order valence-corrected chi connectivity index (χ2v) is 4.44. The lowest BCUT2D eigenvalue weighted by Crippen LogP contribution is -2.19. The second-order valence-electron chi connectivity index (χ2n) is 4.00. The lowest BCUT2D eigenvalue weighted by atomic mass is 10.2. The van der Waals surface area contributed by atoms with Crippen molar-refractivity contribution in [2.45, 2.75) is 13.7 Å². The average Bonchev–Trinajstić information content (AvgIpc) is 2.85. The van der Waals surface area contributed by atoms with Crippen molar-refractivity contribution in [1.29, 1.82) is 0 Å². The molecule has 19 heavy (non-hydrogen) atoms. The fraction of sp³-hybridized carbons (Fsp3) is 0.231. The van der Waals surface area contributed by atoms with E-state index in [1.54, 1.807) is 36.1 Å². The summed E-state index contributed by atoms with van der Waals surface area (Å²) in [7, 11) is 1.56. The molecule has 0 aliphatic heterocycles. The van der Waals surface area contributed by atoms with Crippen LogP contribution in [0.15, 0.2) is 30.5 Å². The summed E-state index contributed by atoms with van der Waals surface area (Å²) >= 11 is 5.87. The SMILES string of the molecule is CNC(=O)c1ccn(COc2ccc(Cl)cc2C)n1. The lowest BCUT2D eigenvalue weighted by Gasteiger charge is -2.09. The van der Waals surface area contributed by atoms with Crippen LogP contribution in [0.3, 0.4) is 0 Å². The Morgan fingerprint density at radius 2 is 2.26 bits per heavy atom. The number of carbonyl (C=O) groups excluding carboxylic acids is 1. The van der Waals surface area contributed by atoms with Gasteiger partial charge in [-0.2, -0.15) is 5.10 Å². The summed E-state index contributed by atoms with van der Waals surface area (Å²) in [5.41, 5.74) is 1.31. The van der Waals surface area contributed by atoms with E-state index in [1.807, 2.05) is 13.0 Å². The number of ether oxygens (including phenoxy) is 1. The predicted octanol–water partition coefficient (Wildman–Crippen LogP) is 2.24. The van der Waals surface area contributed by atoms with Crippen LogP contribution in [-0.2, 0) is 6.73 Å². The molecule has 0 aliphatic rings. The highest BCUT2D eigenvalue weighted by molar-refractivity contribution is 6.30. The highest BCUT2D eigenvalue weighted by Gasteiger charge is 2.07. The Labute approximate surface area is 116 Å². The van der Waals surface area contributed by atoms with Crippen LogP contribution in [0.25, 0.3) is 0 Å². The van der Waals surface area contributed by atoms with Gasteiger partial charge in [0.05, 0.1) is 0 Å². The van der Waals surface area contributed by atoms with Crippen LogP contribution in [0.4, 0.5) is 0 Å². The van der Waals surface area contributed by atoms with Gasteiger partial charge < -0.3 is 10.1 Å². The number of benzene rings is 1. The van der Waals surface area contributed by atoms with E-state index in [1.165, 1.54) is 0 Å². The first-order chi connectivity index (χ1) is 9.10. The number of amides is 1. The van der Waals surface area contributed by atoms with Crippen molar-refractivity contribution in [3.63, 3.8) is 0 Å². The monoisotopic (exact) mass is 279 g/mol. The third kappa shape index (κ3) is 3.26. The molecule has 1 N–H and O–H groups in total. The summed E-state index contributed by atoms with van der Waals surface area (Å²) in [5, 5.41) is 7.28. The van der Waals surface area contributed by atoms with E-state index >= 15 is 0 Å². The second kappa shape index (κ2) is 5.75. The van der Waals surface area contributed by atoms with Gasteiger partial charge in [-0.15, -0.1) is 0 Å². The van der Waals surface area contributed by atoms with E-state index in [2.05, 4.69) is 10.4 Å². The molecule has 0 spiro atoms. The van der Waals surface area contributed by atoms with E-state index in [9.17, 15) is 4.79 Å². The Balaban J connectivity index is 2.02. The van der Waals surface area contributed by atoms with Crippen molar-refractivity contribution in [3.8, 4) is 5.75 Å². The number of hydrogen-bond donors (Lipinski definition) is 1. The summed E-state index contributed by atoms with van der Waals surface area (Å²) in [6.45, 7) is 2.15. The molecule has 5 nitrogen and oxygen atoms in total. The van der Waals surface area contributed by atoms with Gasteiger partial charge in [0.1, 0.15) is 11.4 Å². The van der Waals surface area contributed by atoms with Crippen LogP contribution < -0.4 is 10.1 Å². The molecular weight excluding hydrogens is 266 g/mol. The van der Waals surface area contributed by atoms with E-state index in [0.717, 1.165) is 11.3 Å². The number of nitrogens with zero attached hydrogens (tertiary/aromatic N) is 2. The fourth-order valence-corrected chi connectivity index (χ4v) is 1.82. The van der Waals surface area contributed by atoms with Gasteiger partial charge in [0.25, 0.3) is 5.91 Å². The first kappa shape index (κ1) is 13.4. The molecule has 0 saturated heterocycles. The Morgan fingerprint density at radius 3 is 2.95 bits per heavy atom. The number of halogens is 1. The molecule has 0 fully saturated rings. The topological polar surface area (TPSA) is 56.2 Å². The van der Waals surface area contributed by atoms with Crippen molar-refractivity contribution in [1.82, 2.24) is 15.1 Å². The zero-order valence-corrected chi connectivity index (χ0v) is 11.4. The molecule has 2 aromatic rings. The van der Waals surface area contributed by atoms with Gasteiger partial charge in [0, 0.05) is 18.3 Å². The highest BCUT2D eigenvalue weighted by Crippen LogP contribution is 2.21. The zero-order chi connectivity index (χ0) is 13.8. The average molecular weight is 280 g/mol. The largest absolute Gasteiger partial charge is 0.471 e. The number of aromatic nitrogens is 2. The van der Waals surface area contributed by atoms with Crippen LogP contribution >= 0.6 is 11.6 Å². The van der Waals surface area contributed by atoms with Crippen LogP contribution in [0.2, 0.25) is 5.02 Å². The van der Waals surface area contributed by atoms with Crippen molar-refractivity contribution in [2.75, 3.05) is 7.05 Å². The van der Waals surface area contributed by atoms with Crippen molar-refractivity contribution in [3.05, 3.63) is 46.7 Å². The highest BCUT2D eigenvalue weighted by atomic mass is 35.5. The predicted molar refractivity (Wildman–Crippen MR) is 72.4 cm³/mol. The Bertz CT molecular complexity index is 595. The minimum Gasteiger partial charge on any atom is -0.471 e. The van der Waals surface area contributed by atoms with Gasteiger partial charge in [0.15, 0.2) is 6.73 Å². The lowest BCUT2D eigenvalue weighted by molar-refractivity contribution is 0.0956. The van der Waals surface area contributed by atoms with Crippen LogP contribution in [0.1, 0.15) is 16.1 Å². The Hall–Kier alpha value is -2.01. The van der Waals surface area contributed by atoms with Crippen molar-refractivity contribution >= 4 is 17.5 Å². The molecule has 0 saturated carbocycles. The summed E-state index contributed by atoms with van der Waals surface area (Å²) in [6, 6.07) is 7.04. The normalized spacial score (nSPS) is 10.3. The summed E-state index contributed by atoms with van der Waals surface area (Å²) < 4.78 is 7.17. The maximum atomic E-state index is 11.4. The maximum absolute atomic E-state index is 11.4. The minimum absolute atomic E-state index is 0.221. The van der Waals surface area contributed by atoms with Crippen molar-refractivity contribution < 1.29 is 9.53 Å². The molecule has 0 bridgehead atoms. The van der Waals surface area contributed by atoms with Gasteiger partial charge in [-0.1, -0.05) is 11.6 Å². The number of carbonyl (C=O) groups is 1. The first-order valence-corrected chi connectivity index (χ1v) is 6.12. The van der Waals surface area contributed by atoms with E-state index in [4.69, 9.17) is 16.3 Å². The van der Waals surface area contributed by atoms with Crippen LogP contribution in [-0.4, -0.2) is 22.7 Å². The first-order valence-electron chi connectivity index (χ1n) is 5.74. The molecule has 2 rings (SSSR count). The van der Waals surface area contributed by atoms with Crippen LogP contribution in [0.5, 0.6) is 5.75 Å². The zero-order valence-electron chi connectivity index (χ0n) is 10.7. The molecule has 6 heteroatoms. The molecule has 1 heterocycles. The van der Waals surface area contributed by atoms with Gasteiger partial charge in [-0.3, -0.25) is 4.79 Å². The van der Waals surface area contributed by atoms with E-state index < -0.39 is 0 Å². The van der Waals surface area contributed by atoms with Gasteiger partial charge in [-0.05, 0) is 36.8 Å². The number of rotatable bonds is 4. The molecule has 1 amide bonds. The maximum Gasteiger partial charge on any atom is 0.271 e. The number of aryl methyl sites for hydroxylation is 1. The molecular formula is C13H14ClN3O2. The summed E-state index contributed by atoms with van der Waals surface area (Å²) in [6.07, 6.45) is 1.69. The molecule has 0 unspecified atom stereocenters. The minimum atomic E-state index is -0.221. The third-order valence-corrected chi connectivity index (χ3v) is 2.82. The van der Waals surface area contributed by atoms with Gasteiger partial charge in [-0.25, -0.2) is 4.68 Å². The molecule has 0 aliphatic carbocycles. The Morgan fingerprint density at radius 1 is 1.47 bits per heavy atom. The van der Waals surface area contributed by atoms with E-state index in [-0.39, 0.29) is 12.6 Å². The van der Waals surface area contributed by atoms with Gasteiger partial charge >= 0.3 is 0 Å². The number of nitrogens with one attached hydrogen (secondary N) is 1. The van der Waals surface area contributed by atoms with E-state index in [0.29, 0.717) is 10.7 Å². The number of hydrogen-bond acceptors (Lipinski definition) is 3. The quantitative estimate of drug-likeness (QED) is 0.934. The smallest absolute Gasteiger partial charge is 0.271 e. The molecule has 0 atom stereocenters. The molecule has 1 aromatic heterocycles. The molecule has 100 valence electrons. The third-order valence-electron chi connectivity index (χ3n) is 2.59. The Kier molecular flexibility index (Phi) is 4.06. The molecule has 0 radical (unpaired) electrons. The molecule has 1 aromatic carbocycles. The fourth-order valence-electron chi connectivity index (χ4n) is 1.59. The summed E-state index contributed by atoms with van der Waals surface area (Å²) in [5.74, 6) is 0.516. The van der Waals surface area contributed by atoms with Gasteiger partial charge in [0.2, 0.25) is 0 Å². The standard InChI is InChI=1S/C13H14ClN3O2/c1-9-7-10(14)3-4-12(9)19-8-17-6-5-11(16-17)13(18)15-2/h3-7H,8H2,1-2H3,(H,15,18). The summed E-state index contributed by atoms with van der Waals surface area (Å²) in [4.78, 5) is 11.4.